The van der Waals surface area contributed by atoms with Crippen molar-refractivity contribution in [3.05, 3.63) is 62.6 Å². The number of nitrogens with one attached hydrogen (secondary N) is 2. The molecule has 0 saturated heterocycles. The molecule has 138 valence electrons. The zero-order chi connectivity index (χ0) is 18.5. The fourth-order valence-corrected chi connectivity index (χ4v) is 5.58. The van der Waals surface area contributed by atoms with Gasteiger partial charge in [0.25, 0.3) is 5.91 Å². The van der Waals surface area contributed by atoms with Gasteiger partial charge in [-0.05, 0) is 55.0 Å². The van der Waals surface area contributed by atoms with Crippen molar-refractivity contribution in [3.8, 4) is 11.3 Å². The summed E-state index contributed by atoms with van der Waals surface area (Å²) in [7, 11) is 0. The van der Waals surface area contributed by atoms with Crippen LogP contribution >= 0.6 is 27.3 Å². The summed E-state index contributed by atoms with van der Waals surface area (Å²) in [5.74, 6) is 2.20. The first-order valence-electron chi connectivity index (χ1n) is 9.16. The van der Waals surface area contributed by atoms with Gasteiger partial charge in [-0.25, -0.2) is 0 Å². The van der Waals surface area contributed by atoms with Crippen molar-refractivity contribution >= 4 is 38.2 Å². The van der Waals surface area contributed by atoms with E-state index in [-0.39, 0.29) is 12.1 Å². The number of halogens is 1. The van der Waals surface area contributed by atoms with Gasteiger partial charge >= 0.3 is 0 Å². The number of thiophene rings is 1. The molecule has 0 unspecified atom stereocenters. The molecule has 1 aliphatic heterocycles. The molecule has 4 nitrogen and oxygen atoms in total. The molecule has 2 N–H and O–H groups in total. The molecule has 5 rings (SSSR count). The lowest BCUT2D eigenvalue weighted by Crippen LogP contribution is -2.38. The first-order chi connectivity index (χ1) is 13.1. The minimum Gasteiger partial charge on any atom is -0.457 e. The van der Waals surface area contributed by atoms with E-state index in [4.69, 9.17) is 4.42 Å². The van der Waals surface area contributed by atoms with E-state index in [0.29, 0.717) is 11.7 Å². The third-order valence-corrected chi connectivity index (χ3v) is 7.04. The first kappa shape index (κ1) is 17.1. The molecule has 2 aliphatic rings. The van der Waals surface area contributed by atoms with Crippen LogP contribution in [0.5, 0.6) is 0 Å². The van der Waals surface area contributed by atoms with Crippen LogP contribution in [0.1, 0.15) is 46.1 Å². The van der Waals surface area contributed by atoms with E-state index in [1.807, 2.05) is 36.4 Å². The van der Waals surface area contributed by atoms with Gasteiger partial charge in [-0.3, -0.25) is 4.79 Å². The number of hydrogen-bond acceptors (Lipinski definition) is 4. The average molecular weight is 443 g/mol. The Morgan fingerprint density at radius 1 is 1.15 bits per heavy atom. The van der Waals surface area contributed by atoms with Gasteiger partial charge in [0.15, 0.2) is 6.17 Å². The molecule has 2 atom stereocenters. The summed E-state index contributed by atoms with van der Waals surface area (Å²) in [6.07, 6.45) is 2.88. The van der Waals surface area contributed by atoms with Crippen LogP contribution in [0.15, 0.2) is 45.3 Å². The number of furan rings is 1. The molecule has 1 aromatic carbocycles. The molecule has 2 aromatic heterocycles. The quantitative estimate of drug-likeness (QED) is 0.530. The number of hydrogen-bond donors (Lipinski definition) is 2. The number of fused-ring (bicyclic) bond motifs is 3. The zero-order valence-electron chi connectivity index (χ0n) is 14.8. The monoisotopic (exact) mass is 442 g/mol. The van der Waals surface area contributed by atoms with Gasteiger partial charge in [-0.1, -0.05) is 35.0 Å². The minimum atomic E-state index is -0.341. The van der Waals surface area contributed by atoms with E-state index in [2.05, 4.69) is 33.5 Å². The Balaban J connectivity index is 1.44. The first-order valence-corrected chi connectivity index (χ1v) is 10.8. The van der Waals surface area contributed by atoms with Gasteiger partial charge in [0, 0.05) is 14.9 Å². The Morgan fingerprint density at radius 2 is 1.96 bits per heavy atom. The lowest BCUT2D eigenvalue weighted by molar-refractivity contribution is 0.0930. The summed E-state index contributed by atoms with van der Waals surface area (Å²) in [5, 5.41) is 7.52. The fraction of sp³-hybridized carbons (Fsp3) is 0.286. The highest BCUT2D eigenvalue weighted by Crippen LogP contribution is 2.42. The normalized spacial score (nSPS) is 21.2. The maximum atomic E-state index is 12.8. The van der Waals surface area contributed by atoms with Crippen LogP contribution in [0.3, 0.4) is 0 Å². The largest absolute Gasteiger partial charge is 0.457 e. The van der Waals surface area contributed by atoms with Crippen molar-refractivity contribution < 1.29 is 9.21 Å². The van der Waals surface area contributed by atoms with Gasteiger partial charge in [-0.15, -0.1) is 11.3 Å². The number of carbonyl (C=O) groups is 1. The zero-order valence-corrected chi connectivity index (χ0v) is 17.2. The summed E-state index contributed by atoms with van der Waals surface area (Å²) in [5.41, 5.74) is 3.09. The van der Waals surface area contributed by atoms with Gasteiger partial charge < -0.3 is 15.1 Å². The molecule has 27 heavy (non-hydrogen) atoms. The van der Waals surface area contributed by atoms with Gasteiger partial charge in [0.2, 0.25) is 0 Å². The number of amides is 1. The van der Waals surface area contributed by atoms with Crippen LogP contribution in [0.25, 0.3) is 11.3 Å². The summed E-state index contributed by atoms with van der Waals surface area (Å²) in [6.45, 7) is 2.28. The van der Waals surface area contributed by atoms with Crippen molar-refractivity contribution in [2.24, 2.45) is 5.92 Å². The van der Waals surface area contributed by atoms with Crippen molar-refractivity contribution in [3.63, 3.8) is 0 Å². The number of carbonyl (C=O) groups excluding carboxylic acids is 1. The Bertz CT molecular complexity index is 1020. The second-order valence-corrected chi connectivity index (χ2v) is 9.34. The average Bonchev–Trinajstić information content (AvgIpc) is 3.26. The lowest BCUT2D eigenvalue weighted by atomic mass is 9.88. The van der Waals surface area contributed by atoms with E-state index < -0.39 is 0 Å². The summed E-state index contributed by atoms with van der Waals surface area (Å²) in [4.78, 5) is 14.2. The van der Waals surface area contributed by atoms with Gasteiger partial charge in [-0.2, -0.15) is 0 Å². The van der Waals surface area contributed by atoms with Crippen LogP contribution in [-0.4, -0.2) is 5.91 Å². The van der Waals surface area contributed by atoms with Crippen LogP contribution < -0.4 is 10.6 Å². The second kappa shape index (κ2) is 6.53. The highest BCUT2D eigenvalue weighted by molar-refractivity contribution is 9.10. The third kappa shape index (κ3) is 3.01. The van der Waals surface area contributed by atoms with Crippen molar-refractivity contribution in [2.45, 2.75) is 32.4 Å². The van der Waals surface area contributed by atoms with Crippen LogP contribution in [0.2, 0.25) is 0 Å². The molecular formula is C21H19BrN2O2S. The molecular weight excluding hydrogens is 424 g/mol. The van der Waals surface area contributed by atoms with Crippen molar-refractivity contribution in [1.29, 1.82) is 0 Å². The molecule has 3 aromatic rings. The van der Waals surface area contributed by atoms with Crippen LogP contribution in [-0.2, 0) is 12.8 Å². The summed E-state index contributed by atoms with van der Waals surface area (Å²) in [6, 6.07) is 11.9. The molecule has 0 fully saturated rings. The second-order valence-electron chi connectivity index (χ2n) is 7.32. The standard InChI is InChI=1S/C21H19BrN2O2S/c1-11-2-7-14-17(10-11)27-21-18(14)20(25)23-19(24-21)16-9-8-15(26-16)12-3-5-13(22)6-4-12/h3-6,8-9,11,19,24H,2,7,10H2,1H3,(H,23,25)/t11-,19+/m1/s1. The number of benzene rings is 1. The SMILES string of the molecule is C[C@@H]1CCc2c(sc3c2C(=O)N[C@H](c2ccc(-c4ccc(Br)cc4)o2)N3)C1. The fourth-order valence-electron chi connectivity index (χ4n) is 3.88. The van der Waals surface area contributed by atoms with Crippen LogP contribution in [0, 0.1) is 5.92 Å². The van der Waals surface area contributed by atoms with Crippen molar-refractivity contribution in [1.82, 2.24) is 5.32 Å². The molecule has 6 heteroatoms. The van der Waals surface area contributed by atoms with Crippen LogP contribution in [0.4, 0.5) is 5.00 Å². The number of rotatable bonds is 2. The third-order valence-electron chi connectivity index (χ3n) is 5.33. The molecule has 3 heterocycles. The smallest absolute Gasteiger partial charge is 0.256 e. The lowest BCUT2D eigenvalue weighted by Gasteiger charge is -2.25. The van der Waals surface area contributed by atoms with E-state index in [0.717, 1.165) is 45.6 Å². The predicted octanol–water partition coefficient (Wildman–Crippen LogP) is 5.75. The number of anilines is 1. The molecule has 0 saturated carbocycles. The Kier molecular flexibility index (Phi) is 4.13. The summed E-state index contributed by atoms with van der Waals surface area (Å²) < 4.78 is 7.07. The Labute approximate surface area is 170 Å². The van der Waals surface area contributed by atoms with Gasteiger partial charge in [0.1, 0.15) is 16.5 Å². The highest BCUT2D eigenvalue weighted by Gasteiger charge is 2.34. The minimum absolute atomic E-state index is 0.00222. The molecule has 0 spiro atoms. The molecule has 1 aliphatic carbocycles. The summed E-state index contributed by atoms with van der Waals surface area (Å²) >= 11 is 5.18. The maximum absolute atomic E-state index is 12.8. The van der Waals surface area contributed by atoms with Gasteiger partial charge in [0.05, 0.1) is 5.56 Å². The maximum Gasteiger partial charge on any atom is 0.256 e. The van der Waals surface area contributed by atoms with E-state index in [1.165, 1.54) is 10.4 Å². The molecule has 0 bridgehead atoms. The highest BCUT2D eigenvalue weighted by atomic mass is 79.9. The van der Waals surface area contributed by atoms with E-state index in [9.17, 15) is 4.79 Å². The topological polar surface area (TPSA) is 54.3 Å². The predicted molar refractivity (Wildman–Crippen MR) is 111 cm³/mol. The molecule has 0 radical (unpaired) electrons. The Morgan fingerprint density at radius 3 is 2.78 bits per heavy atom. The Hall–Kier alpha value is -2.05. The van der Waals surface area contributed by atoms with E-state index in [1.54, 1.807) is 11.3 Å². The van der Waals surface area contributed by atoms with E-state index >= 15 is 0 Å². The van der Waals surface area contributed by atoms with Crippen molar-refractivity contribution in [2.75, 3.05) is 5.32 Å². The molecule has 1 amide bonds.